The number of nitrogens with zero attached hydrogens (tertiary/aromatic N) is 2. The molecule has 1 saturated carbocycles. The normalized spacial score (nSPS) is 22.2. The zero-order valence-corrected chi connectivity index (χ0v) is 15.0. The first-order valence-corrected chi connectivity index (χ1v) is 9.36. The van der Waals surface area contributed by atoms with Gasteiger partial charge in [0.2, 0.25) is 0 Å². The van der Waals surface area contributed by atoms with Crippen molar-refractivity contribution in [1.29, 1.82) is 0 Å². The molecule has 7 nitrogen and oxygen atoms in total. The number of rotatable bonds is 4. The summed E-state index contributed by atoms with van der Waals surface area (Å²) in [6.45, 7) is 1.58. The number of nitrogens with one attached hydrogen (secondary N) is 3. The molecule has 1 aromatic carbocycles. The lowest BCUT2D eigenvalue weighted by Crippen LogP contribution is -2.43. The number of aromatic amines is 1. The molecule has 0 bridgehead atoms. The third-order valence-electron chi connectivity index (χ3n) is 5.78. The summed E-state index contributed by atoms with van der Waals surface area (Å²) in [7, 11) is 1.73. The van der Waals surface area contributed by atoms with Gasteiger partial charge in [-0.05, 0) is 36.0 Å². The van der Waals surface area contributed by atoms with Crippen molar-refractivity contribution < 1.29 is 4.79 Å². The first kappa shape index (κ1) is 17.0. The van der Waals surface area contributed by atoms with Crippen molar-refractivity contribution in [2.24, 2.45) is 13.0 Å². The number of hydrogen-bond acceptors (Lipinski definition) is 4. The number of amides is 1. The number of H-pyrrole nitrogens is 1. The van der Waals surface area contributed by atoms with Crippen LogP contribution >= 0.6 is 0 Å². The number of fused-ring (bicyclic) bond motifs is 1. The number of hydrogen-bond donors (Lipinski definition) is 3. The lowest BCUT2D eigenvalue weighted by atomic mass is 9.82. The summed E-state index contributed by atoms with van der Waals surface area (Å²) in [5.41, 5.74) is 2.92. The lowest BCUT2D eigenvalue weighted by molar-refractivity contribution is 0.0904. The molecular weight excluding hydrogens is 330 g/mol. The highest BCUT2D eigenvalue weighted by atomic mass is 16.2. The Bertz CT molecular complexity index is 869. The van der Waals surface area contributed by atoms with E-state index in [1.807, 2.05) is 12.1 Å². The summed E-state index contributed by atoms with van der Waals surface area (Å²) in [5.74, 6) is 1.07. The van der Waals surface area contributed by atoms with E-state index in [2.05, 4.69) is 26.9 Å². The van der Waals surface area contributed by atoms with Crippen molar-refractivity contribution in [2.75, 3.05) is 0 Å². The van der Waals surface area contributed by atoms with E-state index in [0.717, 1.165) is 55.7 Å². The summed E-state index contributed by atoms with van der Waals surface area (Å²) in [6, 6.07) is 6.07. The molecular formula is C19H25N5O2. The Morgan fingerprint density at radius 2 is 2.15 bits per heavy atom. The Labute approximate surface area is 152 Å². The monoisotopic (exact) mass is 355 g/mol. The van der Waals surface area contributed by atoms with Gasteiger partial charge in [0.25, 0.3) is 5.91 Å². The van der Waals surface area contributed by atoms with Gasteiger partial charge in [-0.25, -0.2) is 9.89 Å². The van der Waals surface area contributed by atoms with E-state index in [9.17, 15) is 9.59 Å². The van der Waals surface area contributed by atoms with Crippen molar-refractivity contribution in [3.63, 3.8) is 0 Å². The molecule has 7 heteroatoms. The van der Waals surface area contributed by atoms with Gasteiger partial charge < -0.3 is 10.6 Å². The van der Waals surface area contributed by atoms with E-state index >= 15 is 0 Å². The van der Waals surface area contributed by atoms with E-state index < -0.39 is 0 Å². The zero-order chi connectivity index (χ0) is 18.1. The van der Waals surface area contributed by atoms with Gasteiger partial charge in [-0.3, -0.25) is 9.36 Å². The molecule has 1 amide bonds. The number of benzene rings is 1. The first-order chi connectivity index (χ1) is 12.6. The number of carbonyl (C=O) groups excluding carboxylic acids is 1. The second kappa shape index (κ2) is 7.07. The predicted molar refractivity (Wildman–Crippen MR) is 97.7 cm³/mol. The molecule has 138 valence electrons. The van der Waals surface area contributed by atoms with Crippen molar-refractivity contribution in [1.82, 2.24) is 25.4 Å². The fourth-order valence-corrected chi connectivity index (χ4v) is 4.23. The third-order valence-corrected chi connectivity index (χ3v) is 5.78. The quantitative estimate of drug-likeness (QED) is 0.769. The van der Waals surface area contributed by atoms with Gasteiger partial charge >= 0.3 is 5.69 Å². The second-order valence-corrected chi connectivity index (χ2v) is 7.38. The minimum Gasteiger partial charge on any atom is -0.349 e. The molecule has 0 radical (unpaired) electrons. The maximum atomic E-state index is 12.9. The van der Waals surface area contributed by atoms with Crippen LogP contribution in [0.5, 0.6) is 0 Å². The van der Waals surface area contributed by atoms with Gasteiger partial charge in [0.15, 0.2) is 0 Å². The minimum absolute atomic E-state index is 0.0124. The van der Waals surface area contributed by atoms with Crippen LogP contribution < -0.4 is 16.3 Å². The summed E-state index contributed by atoms with van der Waals surface area (Å²) in [4.78, 5) is 24.5. The Hall–Kier alpha value is -2.41. The van der Waals surface area contributed by atoms with Crippen LogP contribution in [-0.4, -0.2) is 26.7 Å². The zero-order valence-electron chi connectivity index (χ0n) is 15.0. The van der Waals surface area contributed by atoms with Gasteiger partial charge in [-0.2, -0.15) is 5.10 Å². The second-order valence-electron chi connectivity index (χ2n) is 7.38. The molecule has 0 unspecified atom stereocenters. The fraction of sp³-hybridized carbons (Fsp3) is 0.526. The molecule has 26 heavy (non-hydrogen) atoms. The molecule has 1 aromatic heterocycles. The van der Waals surface area contributed by atoms with Crippen molar-refractivity contribution in [3.8, 4) is 0 Å². The van der Waals surface area contributed by atoms with Crippen LogP contribution in [0.15, 0.2) is 23.0 Å². The average Bonchev–Trinajstić information content (AvgIpc) is 3.25. The molecule has 2 heterocycles. The van der Waals surface area contributed by atoms with E-state index in [4.69, 9.17) is 0 Å². The molecule has 0 spiro atoms. The Morgan fingerprint density at radius 3 is 2.96 bits per heavy atom. The maximum Gasteiger partial charge on any atom is 0.343 e. The number of carbonyl (C=O) groups is 1. The summed E-state index contributed by atoms with van der Waals surface area (Å²) in [6.07, 6.45) is 4.99. The summed E-state index contributed by atoms with van der Waals surface area (Å²) >= 11 is 0. The minimum atomic E-state index is -0.191. The van der Waals surface area contributed by atoms with Gasteiger partial charge in [0.1, 0.15) is 5.82 Å². The van der Waals surface area contributed by atoms with Gasteiger partial charge in [0.05, 0.1) is 0 Å². The smallest absolute Gasteiger partial charge is 0.343 e. The van der Waals surface area contributed by atoms with E-state index in [0.29, 0.717) is 12.3 Å². The topological polar surface area (TPSA) is 91.8 Å². The molecule has 4 rings (SSSR count). The van der Waals surface area contributed by atoms with E-state index in [-0.39, 0.29) is 17.6 Å². The van der Waals surface area contributed by atoms with Crippen molar-refractivity contribution in [3.05, 3.63) is 51.2 Å². The highest BCUT2D eigenvalue weighted by Gasteiger charge is 2.29. The van der Waals surface area contributed by atoms with Crippen LogP contribution in [0.25, 0.3) is 0 Å². The summed E-state index contributed by atoms with van der Waals surface area (Å²) in [5, 5.41) is 13.2. The lowest BCUT2D eigenvalue weighted by Gasteiger charge is -2.32. The van der Waals surface area contributed by atoms with Crippen LogP contribution in [0.1, 0.15) is 53.0 Å². The molecule has 2 atom stereocenters. The molecule has 1 fully saturated rings. The molecule has 2 aromatic rings. The van der Waals surface area contributed by atoms with Gasteiger partial charge in [-0.1, -0.05) is 25.0 Å². The van der Waals surface area contributed by atoms with Crippen LogP contribution in [0.2, 0.25) is 0 Å². The van der Waals surface area contributed by atoms with E-state index in [1.165, 1.54) is 5.56 Å². The molecule has 1 aliphatic carbocycles. The van der Waals surface area contributed by atoms with Gasteiger partial charge in [-0.15, -0.1) is 0 Å². The Balaban J connectivity index is 1.50. The molecule has 3 N–H and O–H groups in total. The Morgan fingerprint density at radius 1 is 1.31 bits per heavy atom. The van der Waals surface area contributed by atoms with Crippen LogP contribution in [-0.2, 0) is 26.6 Å². The van der Waals surface area contributed by atoms with E-state index in [1.54, 1.807) is 11.6 Å². The Kier molecular flexibility index (Phi) is 4.63. The highest BCUT2D eigenvalue weighted by molar-refractivity contribution is 5.96. The van der Waals surface area contributed by atoms with Crippen LogP contribution in [0.3, 0.4) is 0 Å². The molecule has 0 saturated heterocycles. The van der Waals surface area contributed by atoms with Crippen molar-refractivity contribution in [2.45, 2.75) is 51.2 Å². The average molecular weight is 355 g/mol. The fourth-order valence-electron chi connectivity index (χ4n) is 4.23. The first-order valence-electron chi connectivity index (χ1n) is 9.36. The van der Waals surface area contributed by atoms with Crippen LogP contribution in [0.4, 0.5) is 0 Å². The molecule has 1 aliphatic heterocycles. The predicted octanol–water partition coefficient (Wildman–Crippen LogP) is 1.24. The highest BCUT2D eigenvalue weighted by Crippen LogP contribution is 2.28. The third kappa shape index (κ3) is 3.19. The standard InChI is InChI=1S/C19H25N5O2/c1-24-17(22-23-19(24)26)9-12-5-2-3-8-16(12)21-18(25)14-7-4-6-13-10-20-11-15(13)14/h4,6-7,12,16,20H,2-3,5,8-11H2,1H3,(H,21,25)(H,23,26)/t12-,16-/m1/s1. The number of aromatic nitrogens is 3. The summed E-state index contributed by atoms with van der Waals surface area (Å²) < 4.78 is 1.56. The largest absolute Gasteiger partial charge is 0.349 e. The van der Waals surface area contributed by atoms with Crippen molar-refractivity contribution >= 4 is 5.91 Å². The SMILES string of the molecule is Cn1c(C[C@H]2CCCC[C@H]2NC(=O)c2cccc3c2CNC3)n[nH]c1=O. The van der Waals surface area contributed by atoms with Gasteiger partial charge in [0, 0.05) is 38.2 Å². The molecule has 2 aliphatic rings. The maximum absolute atomic E-state index is 12.9. The van der Waals surface area contributed by atoms with Crippen LogP contribution in [0, 0.1) is 5.92 Å².